The van der Waals surface area contributed by atoms with Crippen LogP contribution in [-0.4, -0.2) is 12.1 Å². The molecule has 6 rings (SSSR count). The summed E-state index contributed by atoms with van der Waals surface area (Å²) in [5.41, 5.74) is 1.51. The number of carbonyl (C=O) groups is 2. The normalized spacial score (nSPS) is 16.0. The average Bonchev–Trinajstić information content (AvgIpc) is 2.74. The summed E-state index contributed by atoms with van der Waals surface area (Å²) >= 11 is 0. The average molecular weight is 372 g/mol. The van der Waals surface area contributed by atoms with Gasteiger partial charge >= 0.3 is 0 Å². The van der Waals surface area contributed by atoms with E-state index in [2.05, 4.69) is 60.7 Å². The second-order valence-electron chi connectivity index (χ2n) is 7.77. The molecule has 0 aromatic heterocycles. The van der Waals surface area contributed by atoms with Gasteiger partial charge in [0, 0.05) is 5.56 Å². The topological polar surface area (TPSA) is 34.1 Å². The van der Waals surface area contributed by atoms with Gasteiger partial charge in [0.1, 0.15) is 6.29 Å². The molecule has 0 amide bonds. The van der Waals surface area contributed by atoms with E-state index in [0.29, 0.717) is 11.8 Å². The molecule has 5 aromatic carbocycles. The summed E-state index contributed by atoms with van der Waals surface area (Å²) in [5, 5.41) is 9.33. The van der Waals surface area contributed by atoms with Crippen LogP contribution in [0.15, 0.2) is 78.9 Å². The highest BCUT2D eigenvalue weighted by atomic mass is 16.1. The van der Waals surface area contributed by atoms with E-state index in [-0.39, 0.29) is 5.78 Å². The summed E-state index contributed by atoms with van der Waals surface area (Å²) in [6, 6.07) is 25.6. The van der Waals surface area contributed by atoms with E-state index < -0.39 is 5.92 Å². The molecule has 0 spiro atoms. The van der Waals surface area contributed by atoms with E-state index in [1.165, 1.54) is 26.9 Å². The third kappa shape index (κ3) is 2.43. The zero-order valence-corrected chi connectivity index (χ0v) is 15.6. The first kappa shape index (κ1) is 16.2. The van der Waals surface area contributed by atoms with Gasteiger partial charge in [-0.25, -0.2) is 0 Å². The van der Waals surface area contributed by atoms with Crippen molar-refractivity contribution >= 4 is 61.2 Å². The van der Waals surface area contributed by atoms with Crippen LogP contribution < -0.4 is 0 Å². The van der Waals surface area contributed by atoms with E-state index >= 15 is 0 Å². The zero-order valence-electron chi connectivity index (χ0n) is 15.6. The van der Waals surface area contributed by atoms with Crippen LogP contribution in [-0.2, 0) is 4.79 Å². The predicted octanol–water partition coefficient (Wildman–Crippen LogP) is 6.32. The lowest BCUT2D eigenvalue weighted by Gasteiger charge is -2.15. The van der Waals surface area contributed by atoms with Gasteiger partial charge in [-0.05, 0) is 97.2 Å². The van der Waals surface area contributed by atoms with Gasteiger partial charge in [-0.2, -0.15) is 0 Å². The molecule has 0 aliphatic heterocycles. The Labute approximate surface area is 167 Å². The zero-order chi connectivity index (χ0) is 19.5. The maximum atomic E-state index is 12.6. The van der Waals surface area contributed by atoms with Crippen LogP contribution >= 0.6 is 0 Å². The minimum absolute atomic E-state index is 0.121. The van der Waals surface area contributed by atoms with Gasteiger partial charge in [0.25, 0.3) is 0 Å². The van der Waals surface area contributed by atoms with Gasteiger partial charge in [0.05, 0.1) is 5.92 Å². The first-order valence-corrected chi connectivity index (χ1v) is 9.71. The summed E-state index contributed by atoms with van der Waals surface area (Å²) in [6.07, 6.45) is 4.28. The molecule has 1 aliphatic carbocycles. The second-order valence-corrected chi connectivity index (χ2v) is 7.77. The number of fused-ring (bicyclic) bond motifs is 5. The molecule has 0 radical (unpaired) electrons. The molecule has 0 saturated heterocycles. The van der Waals surface area contributed by atoms with Crippen LogP contribution in [0.3, 0.4) is 0 Å². The van der Waals surface area contributed by atoms with Crippen molar-refractivity contribution in [1.82, 2.24) is 0 Å². The molecule has 1 aliphatic rings. The molecule has 5 aromatic rings. The molecule has 2 nitrogen and oxygen atoms in total. The van der Waals surface area contributed by atoms with E-state index in [1.54, 1.807) is 6.08 Å². The fourth-order valence-corrected chi connectivity index (χ4v) is 4.45. The highest BCUT2D eigenvalue weighted by Crippen LogP contribution is 2.33. The van der Waals surface area contributed by atoms with Crippen LogP contribution in [0.1, 0.15) is 15.9 Å². The van der Waals surface area contributed by atoms with Crippen molar-refractivity contribution in [3.8, 4) is 0 Å². The number of hydrogen-bond acceptors (Lipinski definition) is 2. The summed E-state index contributed by atoms with van der Waals surface area (Å²) in [6.45, 7) is 0. The van der Waals surface area contributed by atoms with Gasteiger partial charge in [0.15, 0.2) is 5.78 Å². The Morgan fingerprint density at radius 1 is 0.621 bits per heavy atom. The molecule has 2 heteroatoms. The number of allylic oxidation sites excluding steroid dienone is 1. The van der Waals surface area contributed by atoms with Crippen LogP contribution in [0.2, 0.25) is 0 Å². The maximum absolute atomic E-state index is 12.6. The smallest absolute Gasteiger partial charge is 0.177 e. The molecule has 0 fully saturated rings. The fraction of sp³-hybridized carbons (Fsp3) is 0.0370. The molecular weight excluding hydrogens is 356 g/mol. The quantitative estimate of drug-likeness (QED) is 0.196. The van der Waals surface area contributed by atoms with E-state index in [4.69, 9.17) is 0 Å². The number of rotatable bonds is 1. The lowest BCUT2D eigenvalue weighted by Crippen LogP contribution is -2.18. The molecule has 0 saturated carbocycles. The summed E-state index contributed by atoms with van der Waals surface area (Å²) in [4.78, 5) is 23.7. The number of Topliss-reactive ketones (excluding diaryl/α,β-unsaturated/α-hetero) is 1. The third-order valence-electron chi connectivity index (χ3n) is 5.98. The number of aldehydes is 1. The minimum atomic E-state index is -0.669. The summed E-state index contributed by atoms with van der Waals surface area (Å²) < 4.78 is 0. The molecule has 136 valence electrons. The van der Waals surface area contributed by atoms with Gasteiger partial charge in [-0.15, -0.1) is 0 Å². The van der Waals surface area contributed by atoms with E-state index in [9.17, 15) is 9.59 Å². The first-order chi connectivity index (χ1) is 14.2. The molecular formula is C27H16O2. The Morgan fingerprint density at radius 2 is 1.10 bits per heavy atom. The molecule has 1 atom stereocenters. The molecule has 0 N–H and O–H groups in total. The predicted molar refractivity (Wildman–Crippen MR) is 119 cm³/mol. The van der Waals surface area contributed by atoms with Crippen LogP contribution in [0.5, 0.6) is 0 Å². The lowest BCUT2D eigenvalue weighted by molar-refractivity contribution is -0.108. The highest BCUT2D eigenvalue weighted by molar-refractivity contribution is 6.14. The van der Waals surface area contributed by atoms with E-state index in [0.717, 1.165) is 21.7 Å². The fourth-order valence-electron chi connectivity index (χ4n) is 4.45. The summed E-state index contributed by atoms with van der Waals surface area (Å²) in [7, 11) is 0. The van der Waals surface area contributed by atoms with Crippen LogP contribution in [0.4, 0.5) is 0 Å². The number of hydrogen-bond donors (Lipinski definition) is 0. The Morgan fingerprint density at radius 3 is 1.66 bits per heavy atom. The second kappa shape index (κ2) is 5.86. The van der Waals surface area contributed by atoms with Gasteiger partial charge in [0.2, 0.25) is 0 Å². The standard InChI is InChI=1S/C27H16O2/c28-15-19-6-5-18-9-22-12-23-10-20-7-16-3-1-2-4-17(16)8-21(20)11-24(23)13-25(22)14-26(18)27(19)29/h1-15,19H. The number of carbonyl (C=O) groups excluding carboxylic acids is 2. The van der Waals surface area contributed by atoms with Crippen molar-refractivity contribution in [2.24, 2.45) is 5.92 Å². The Hall–Kier alpha value is -3.78. The van der Waals surface area contributed by atoms with Crippen molar-refractivity contribution in [1.29, 1.82) is 0 Å². The third-order valence-corrected chi connectivity index (χ3v) is 5.98. The van der Waals surface area contributed by atoms with Gasteiger partial charge in [-0.3, -0.25) is 4.79 Å². The highest BCUT2D eigenvalue weighted by Gasteiger charge is 2.23. The SMILES string of the molecule is O=CC1C=Cc2cc3cc4cc5cc6ccccc6cc5cc4cc3cc2C1=O. The maximum Gasteiger partial charge on any atom is 0.177 e. The van der Waals surface area contributed by atoms with Crippen molar-refractivity contribution in [2.75, 3.05) is 0 Å². The van der Waals surface area contributed by atoms with E-state index in [1.807, 2.05) is 18.2 Å². The Bertz CT molecular complexity index is 1540. The molecule has 0 bridgehead atoms. The van der Waals surface area contributed by atoms with Crippen molar-refractivity contribution < 1.29 is 9.59 Å². The monoisotopic (exact) mass is 372 g/mol. The van der Waals surface area contributed by atoms with Crippen molar-refractivity contribution in [3.63, 3.8) is 0 Å². The van der Waals surface area contributed by atoms with Crippen molar-refractivity contribution in [2.45, 2.75) is 0 Å². The van der Waals surface area contributed by atoms with Crippen LogP contribution in [0, 0.1) is 5.92 Å². The number of ketones is 1. The Balaban J connectivity index is 1.63. The lowest BCUT2D eigenvalue weighted by atomic mass is 9.86. The number of benzene rings is 5. The molecule has 1 unspecified atom stereocenters. The largest absolute Gasteiger partial charge is 0.302 e. The minimum Gasteiger partial charge on any atom is -0.302 e. The summed E-state index contributed by atoms with van der Waals surface area (Å²) in [5.74, 6) is -0.790. The van der Waals surface area contributed by atoms with Crippen molar-refractivity contribution in [3.05, 3.63) is 90.0 Å². The molecule has 0 heterocycles. The van der Waals surface area contributed by atoms with Crippen LogP contribution in [0.25, 0.3) is 49.2 Å². The van der Waals surface area contributed by atoms with Gasteiger partial charge < -0.3 is 4.79 Å². The van der Waals surface area contributed by atoms with Gasteiger partial charge in [-0.1, -0.05) is 36.4 Å². The Kier molecular flexibility index (Phi) is 3.27. The molecule has 29 heavy (non-hydrogen) atoms. The first-order valence-electron chi connectivity index (χ1n) is 9.71.